The number of ether oxygens (including phenoxy) is 3. The number of esters is 1. The zero-order valence-corrected chi connectivity index (χ0v) is 16.6. The zero-order valence-electron chi connectivity index (χ0n) is 15.8. The number of hydrogen-bond donors (Lipinski definition) is 0. The number of methoxy groups -OCH3 is 2. The van der Waals surface area contributed by atoms with Crippen LogP contribution in [0.3, 0.4) is 0 Å². The molecule has 8 nitrogen and oxygen atoms in total. The fraction of sp³-hybridized carbons (Fsp3) is 0.263. The van der Waals surface area contributed by atoms with Crippen molar-refractivity contribution in [3.63, 3.8) is 0 Å². The molecule has 0 fully saturated rings. The van der Waals surface area contributed by atoms with Crippen molar-refractivity contribution in [2.45, 2.75) is 17.8 Å². The Kier molecular flexibility index (Phi) is 6.05. The van der Waals surface area contributed by atoms with Crippen LogP contribution in [0.15, 0.2) is 35.6 Å². The SMILES string of the molecule is [CH2]n1c([S+]([O-])Cc2nccc(OC)c2OC)nc2ccc(C(=O)OCC)cc21. The first-order chi connectivity index (χ1) is 13.5. The van der Waals surface area contributed by atoms with Gasteiger partial charge < -0.3 is 18.8 Å². The van der Waals surface area contributed by atoms with Crippen molar-refractivity contribution in [1.29, 1.82) is 0 Å². The molecule has 0 aliphatic rings. The van der Waals surface area contributed by atoms with Crippen LogP contribution in [0.4, 0.5) is 0 Å². The van der Waals surface area contributed by atoms with Crippen LogP contribution in [0.1, 0.15) is 23.0 Å². The number of carbonyl (C=O) groups excluding carboxylic acids is 1. The van der Waals surface area contributed by atoms with E-state index in [9.17, 15) is 9.35 Å². The molecule has 0 aliphatic carbocycles. The standard InChI is InChI=1S/C19H20N3O5S/c1-5-27-18(23)12-6-7-13-15(10-12)22(2)19(21-13)28(24)11-14-17(26-4)16(25-3)8-9-20-14/h6-10H,2,5,11H2,1,3-4H3. The summed E-state index contributed by atoms with van der Waals surface area (Å²) in [4.78, 5) is 20.6. The van der Waals surface area contributed by atoms with Gasteiger partial charge in [0.15, 0.2) is 17.3 Å². The van der Waals surface area contributed by atoms with Gasteiger partial charge >= 0.3 is 11.1 Å². The van der Waals surface area contributed by atoms with E-state index < -0.39 is 17.1 Å². The first-order valence-corrected chi connectivity index (χ1v) is 9.76. The molecule has 9 heteroatoms. The second-order valence-corrected chi connectivity index (χ2v) is 7.07. The van der Waals surface area contributed by atoms with E-state index in [0.29, 0.717) is 33.8 Å². The Morgan fingerprint density at radius 1 is 1.29 bits per heavy atom. The first-order valence-electron chi connectivity index (χ1n) is 8.44. The predicted octanol–water partition coefficient (Wildman–Crippen LogP) is 2.57. The minimum absolute atomic E-state index is 0.0734. The molecule has 0 amide bonds. The Labute approximate surface area is 165 Å². The van der Waals surface area contributed by atoms with Crippen LogP contribution in [0.5, 0.6) is 11.5 Å². The molecule has 2 heterocycles. The molecule has 147 valence electrons. The first kappa shape index (κ1) is 20.0. The van der Waals surface area contributed by atoms with Crippen LogP contribution < -0.4 is 9.47 Å². The molecule has 3 rings (SSSR count). The molecule has 0 aliphatic heterocycles. The Balaban J connectivity index is 1.93. The van der Waals surface area contributed by atoms with Crippen molar-refractivity contribution in [3.05, 3.63) is 48.8 Å². The molecule has 2 aromatic heterocycles. The summed E-state index contributed by atoms with van der Waals surface area (Å²) in [6.07, 6.45) is 1.56. The summed E-state index contributed by atoms with van der Waals surface area (Å²) in [6.45, 7) is 2.02. The van der Waals surface area contributed by atoms with Gasteiger partial charge in [0.25, 0.3) is 0 Å². The van der Waals surface area contributed by atoms with Gasteiger partial charge in [0.05, 0.1) is 37.4 Å². The number of benzene rings is 1. The minimum Gasteiger partial charge on any atom is -0.609 e. The van der Waals surface area contributed by atoms with Gasteiger partial charge in [0.2, 0.25) is 0 Å². The highest BCUT2D eigenvalue weighted by Gasteiger charge is 2.25. The maximum absolute atomic E-state index is 13.0. The van der Waals surface area contributed by atoms with Crippen LogP contribution in [-0.2, 0) is 21.7 Å². The highest BCUT2D eigenvalue weighted by atomic mass is 32.2. The van der Waals surface area contributed by atoms with Gasteiger partial charge in [-0.15, -0.1) is 0 Å². The monoisotopic (exact) mass is 402 g/mol. The number of carbonyl (C=O) groups is 1. The van der Waals surface area contributed by atoms with E-state index in [0.717, 1.165) is 0 Å². The van der Waals surface area contributed by atoms with Crippen molar-refractivity contribution < 1.29 is 23.6 Å². The van der Waals surface area contributed by atoms with Crippen molar-refractivity contribution in [2.24, 2.45) is 0 Å². The maximum Gasteiger partial charge on any atom is 0.338 e. The Morgan fingerprint density at radius 3 is 2.75 bits per heavy atom. The zero-order chi connectivity index (χ0) is 20.3. The smallest absolute Gasteiger partial charge is 0.338 e. The largest absolute Gasteiger partial charge is 0.609 e. The quantitative estimate of drug-likeness (QED) is 0.442. The van der Waals surface area contributed by atoms with Gasteiger partial charge in [-0.2, -0.15) is 4.98 Å². The topological polar surface area (TPSA) is 98.5 Å². The molecular weight excluding hydrogens is 382 g/mol. The van der Waals surface area contributed by atoms with Gasteiger partial charge in [0.1, 0.15) is 5.69 Å². The van der Waals surface area contributed by atoms with Crippen molar-refractivity contribution >= 4 is 28.2 Å². The van der Waals surface area contributed by atoms with Gasteiger partial charge in [-0.05, 0) is 25.1 Å². The van der Waals surface area contributed by atoms with Crippen LogP contribution in [-0.4, -0.2) is 45.9 Å². The van der Waals surface area contributed by atoms with E-state index in [1.54, 1.807) is 37.4 Å². The van der Waals surface area contributed by atoms with E-state index in [1.807, 2.05) is 0 Å². The van der Waals surface area contributed by atoms with E-state index in [4.69, 9.17) is 14.2 Å². The molecular formula is C19H20N3O5S. The van der Waals surface area contributed by atoms with Crippen LogP contribution in [0.2, 0.25) is 0 Å². The Hall–Kier alpha value is -2.78. The number of imidazole rings is 1. The summed E-state index contributed by atoms with van der Waals surface area (Å²) in [5, 5.41) is 0.266. The molecule has 0 saturated heterocycles. The average Bonchev–Trinajstić information content (AvgIpc) is 3.04. The summed E-state index contributed by atoms with van der Waals surface area (Å²) in [5.74, 6) is 0.573. The molecule has 0 N–H and O–H groups in total. The highest BCUT2D eigenvalue weighted by Crippen LogP contribution is 2.31. The average molecular weight is 402 g/mol. The summed E-state index contributed by atoms with van der Waals surface area (Å²) in [7, 11) is 6.95. The lowest BCUT2D eigenvalue weighted by Crippen LogP contribution is -2.12. The third-order valence-corrected chi connectivity index (χ3v) is 5.32. The van der Waals surface area contributed by atoms with E-state index in [2.05, 4.69) is 17.0 Å². The second kappa shape index (κ2) is 8.49. The molecule has 28 heavy (non-hydrogen) atoms. The molecule has 0 bridgehead atoms. The number of pyridine rings is 1. The Morgan fingerprint density at radius 2 is 2.07 bits per heavy atom. The van der Waals surface area contributed by atoms with Gasteiger partial charge in [-0.25, -0.2) is 4.79 Å². The van der Waals surface area contributed by atoms with Crippen LogP contribution >= 0.6 is 0 Å². The second-order valence-electron chi connectivity index (χ2n) is 5.73. The molecule has 1 aromatic carbocycles. The summed E-state index contributed by atoms with van der Waals surface area (Å²) in [5.41, 5.74) is 2.03. The third kappa shape index (κ3) is 3.76. The van der Waals surface area contributed by atoms with Crippen LogP contribution in [0, 0.1) is 7.05 Å². The number of rotatable bonds is 7. The molecule has 1 unspecified atom stereocenters. The number of nitrogens with zero attached hydrogens (tertiary/aromatic N) is 3. The summed E-state index contributed by atoms with van der Waals surface area (Å²) >= 11 is -1.55. The Bertz CT molecular complexity index is 1000. The maximum atomic E-state index is 13.0. The minimum atomic E-state index is -1.55. The predicted molar refractivity (Wildman–Crippen MR) is 104 cm³/mol. The fourth-order valence-electron chi connectivity index (χ4n) is 2.76. The third-order valence-electron chi connectivity index (χ3n) is 4.06. The number of aromatic nitrogens is 3. The van der Waals surface area contributed by atoms with E-state index in [1.165, 1.54) is 18.8 Å². The van der Waals surface area contributed by atoms with Crippen molar-refractivity contribution in [2.75, 3.05) is 20.8 Å². The molecule has 0 saturated carbocycles. The van der Waals surface area contributed by atoms with Crippen molar-refractivity contribution in [3.8, 4) is 11.5 Å². The van der Waals surface area contributed by atoms with Gasteiger partial charge in [0, 0.05) is 30.5 Å². The lowest BCUT2D eigenvalue weighted by Gasteiger charge is -2.13. The van der Waals surface area contributed by atoms with E-state index >= 15 is 0 Å². The molecule has 1 radical (unpaired) electrons. The highest BCUT2D eigenvalue weighted by molar-refractivity contribution is 7.90. The lowest BCUT2D eigenvalue weighted by atomic mass is 10.2. The number of hydrogen-bond acceptors (Lipinski definition) is 7. The van der Waals surface area contributed by atoms with Gasteiger partial charge in [-0.1, -0.05) is 0 Å². The van der Waals surface area contributed by atoms with E-state index in [-0.39, 0.29) is 17.5 Å². The fourth-order valence-corrected chi connectivity index (χ4v) is 3.89. The normalized spacial score (nSPS) is 12.0. The lowest BCUT2D eigenvalue weighted by molar-refractivity contribution is 0.0526. The van der Waals surface area contributed by atoms with Crippen molar-refractivity contribution in [1.82, 2.24) is 14.5 Å². The molecule has 0 spiro atoms. The number of fused-ring (bicyclic) bond motifs is 1. The summed E-state index contributed by atoms with van der Waals surface area (Å²) in [6, 6.07) is 6.58. The molecule has 3 aromatic rings. The van der Waals surface area contributed by atoms with Crippen LogP contribution in [0.25, 0.3) is 11.0 Å². The van der Waals surface area contributed by atoms with Gasteiger partial charge in [-0.3, -0.25) is 9.55 Å². The summed E-state index contributed by atoms with van der Waals surface area (Å²) < 4.78 is 30.0. The molecule has 1 atom stereocenters.